The van der Waals surface area contributed by atoms with E-state index in [4.69, 9.17) is 10.5 Å². The number of hydrogen-bond donors (Lipinski definition) is 2. The first-order chi connectivity index (χ1) is 12.1. The number of nitrogens with one attached hydrogen (secondary N) is 1. The molecule has 5 heteroatoms. The van der Waals surface area contributed by atoms with Gasteiger partial charge in [0.1, 0.15) is 0 Å². The summed E-state index contributed by atoms with van der Waals surface area (Å²) in [4.78, 5) is 11.9. The summed E-state index contributed by atoms with van der Waals surface area (Å²) in [5, 5.41) is 2.87. The first kappa shape index (κ1) is 22.2. The SMILES string of the molecule is CC(C)c1ccc(C(N)CNC(=O)CCOCc2ccccc2)cc1.Cl. The van der Waals surface area contributed by atoms with Crippen molar-refractivity contribution < 1.29 is 9.53 Å². The Morgan fingerprint density at radius 1 is 1.04 bits per heavy atom. The molecule has 142 valence electrons. The maximum atomic E-state index is 11.9. The molecule has 0 spiro atoms. The number of benzene rings is 2. The molecule has 1 unspecified atom stereocenters. The first-order valence-electron chi connectivity index (χ1n) is 8.80. The van der Waals surface area contributed by atoms with Crippen molar-refractivity contribution in [3.05, 3.63) is 71.3 Å². The van der Waals surface area contributed by atoms with E-state index in [0.717, 1.165) is 11.1 Å². The predicted molar refractivity (Wildman–Crippen MR) is 108 cm³/mol. The fraction of sp³-hybridized carbons (Fsp3) is 0.381. The van der Waals surface area contributed by atoms with Gasteiger partial charge in [-0.15, -0.1) is 12.4 Å². The van der Waals surface area contributed by atoms with Gasteiger partial charge in [-0.05, 0) is 22.6 Å². The number of rotatable bonds is 9. The number of ether oxygens (including phenoxy) is 1. The van der Waals surface area contributed by atoms with Crippen LogP contribution in [0.3, 0.4) is 0 Å². The van der Waals surface area contributed by atoms with Gasteiger partial charge in [-0.25, -0.2) is 0 Å². The maximum Gasteiger partial charge on any atom is 0.222 e. The summed E-state index contributed by atoms with van der Waals surface area (Å²) in [7, 11) is 0. The van der Waals surface area contributed by atoms with Crippen molar-refractivity contribution >= 4 is 18.3 Å². The molecule has 0 aliphatic carbocycles. The fourth-order valence-electron chi connectivity index (χ4n) is 2.49. The normalized spacial score (nSPS) is 11.7. The van der Waals surface area contributed by atoms with Gasteiger partial charge in [0.25, 0.3) is 0 Å². The van der Waals surface area contributed by atoms with E-state index in [1.54, 1.807) is 0 Å². The maximum absolute atomic E-state index is 11.9. The van der Waals surface area contributed by atoms with E-state index >= 15 is 0 Å². The van der Waals surface area contributed by atoms with Crippen LogP contribution in [-0.2, 0) is 16.1 Å². The molecule has 2 aromatic rings. The van der Waals surface area contributed by atoms with Crippen molar-refractivity contribution in [2.24, 2.45) is 5.73 Å². The van der Waals surface area contributed by atoms with Crippen LogP contribution in [0.25, 0.3) is 0 Å². The zero-order chi connectivity index (χ0) is 18.1. The first-order valence-corrected chi connectivity index (χ1v) is 8.80. The van der Waals surface area contributed by atoms with Crippen molar-refractivity contribution in [1.29, 1.82) is 0 Å². The summed E-state index contributed by atoms with van der Waals surface area (Å²) in [5.41, 5.74) is 9.58. The monoisotopic (exact) mass is 376 g/mol. The lowest BCUT2D eigenvalue weighted by Crippen LogP contribution is -2.32. The third kappa shape index (κ3) is 7.56. The zero-order valence-corrected chi connectivity index (χ0v) is 16.3. The van der Waals surface area contributed by atoms with E-state index in [9.17, 15) is 4.79 Å². The number of amides is 1. The second-order valence-corrected chi connectivity index (χ2v) is 6.52. The van der Waals surface area contributed by atoms with Crippen molar-refractivity contribution in [2.45, 2.75) is 38.8 Å². The van der Waals surface area contributed by atoms with Crippen LogP contribution in [0.15, 0.2) is 54.6 Å². The van der Waals surface area contributed by atoms with Gasteiger partial charge in [0, 0.05) is 19.0 Å². The third-order valence-electron chi connectivity index (χ3n) is 4.14. The number of halogens is 1. The van der Waals surface area contributed by atoms with Gasteiger partial charge in [0.05, 0.1) is 13.2 Å². The molecular weight excluding hydrogens is 348 g/mol. The fourth-order valence-corrected chi connectivity index (χ4v) is 2.49. The largest absolute Gasteiger partial charge is 0.376 e. The van der Waals surface area contributed by atoms with Gasteiger partial charge < -0.3 is 15.8 Å². The zero-order valence-electron chi connectivity index (χ0n) is 15.5. The van der Waals surface area contributed by atoms with E-state index < -0.39 is 0 Å². The number of carbonyl (C=O) groups is 1. The van der Waals surface area contributed by atoms with Crippen LogP contribution in [0.1, 0.15) is 48.9 Å². The molecule has 4 nitrogen and oxygen atoms in total. The van der Waals surface area contributed by atoms with Crippen molar-refractivity contribution in [2.75, 3.05) is 13.2 Å². The average molecular weight is 377 g/mol. The summed E-state index contributed by atoms with van der Waals surface area (Å²) in [5.74, 6) is 0.461. The highest BCUT2D eigenvalue weighted by molar-refractivity contribution is 5.85. The van der Waals surface area contributed by atoms with Crippen LogP contribution in [-0.4, -0.2) is 19.1 Å². The van der Waals surface area contributed by atoms with E-state index in [2.05, 4.69) is 31.3 Å². The van der Waals surface area contributed by atoms with Crippen LogP contribution in [0.2, 0.25) is 0 Å². The molecule has 3 N–H and O–H groups in total. The Morgan fingerprint density at radius 2 is 1.65 bits per heavy atom. The van der Waals surface area contributed by atoms with Gasteiger partial charge >= 0.3 is 0 Å². The molecule has 0 radical (unpaired) electrons. The Morgan fingerprint density at radius 3 is 2.27 bits per heavy atom. The molecule has 0 heterocycles. The van der Waals surface area contributed by atoms with Crippen molar-refractivity contribution in [1.82, 2.24) is 5.32 Å². The number of nitrogens with two attached hydrogens (primary N) is 1. The molecule has 0 aromatic heterocycles. The second-order valence-electron chi connectivity index (χ2n) is 6.52. The van der Waals surface area contributed by atoms with Gasteiger partial charge in [-0.2, -0.15) is 0 Å². The molecule has 0 saturated heterocycles. The van der Waals surface area contributed by atoms with E-state index in [1.807, 2.05) is 42.5 Å². The van der Waals surface area contributed by atoms with E-state index in [0.29, 0.717) is 32.1 Å². The Balaban J connectivity index is 0.00000338. The summed E-state index contributed by atoms with van der Waals surface area (Å²) in [6.45, 7) is 5.68. The molecule has 0 bridgehead atoms. The Bertz CT molecular complexity index is 645. The van der Waals surface area contributed by atoms with E-state index in [-0.39, 0.29) is 24.4 Å². The van der Waals surface area contributed by atoms with Crippen LogP contribution in [0.4, 0.5) is 0 Å². The lowest BCUT2D eigenvalue weighted by atomic mass is 9.99. The minimum absolute atomic E-state index is 0. The molecule has 0 fully saturated rings. The van der Waals surface area contributed by atoms with Crippen LogP contribution < -0.4 is 11.1 Å². The third-order valence-corrected chi connectivity index (χ3v) is 4.14. The van der Waals surface area contributed by atoms with Gasteiger partial charge in [0.2, 0.25) is 5.91 Å². The highest BCUT2D eigenvalue weighted by Gasteiger charge is 2.09. The number of hydrogen-bond acceptors (Lipinski definition) is 3. The van der Waals surface area contributed by atoms with Crippen LogP contribution in [0.5, 0.6) is 0 Å². The molecule has 26 heavy (non-hydrogen) atoms. The summed E-state index contributed by atoms with van der Waals surface area (Å²) in [6.07, 6.45) is 0.339. The highest BCUT2D eigenvalue weighted by atomic mass is 35.5. The average Bonchev–Trinajstić information content (AvgIpc) is 2.64. The molecule has 0 aliphatic heterocycles. The summed E-state index contributed by atoms with van der Waals surface area (Å²) in [6, 6.07) is 18.0. The van der Waals surface area contributed by atoms with Crippen LogP contribution in [0, 0.1) is 0 Å². The molecular formula is C21H29ClN2O2. The smallest absolute Gasteiger partial charge is 0.222 e. The van der Waals surface area contributed by atoms with Gasteiger partial charge in [-0.3, -0.25) is 4.79 Å². The molecule has 2 rings (SSSR count). The quantitative estimate of drug-likeness (QED) is 0.651. The molecule has 0 aliphatic rings. The topological polar surface area (TPSA) is 64.3 Å². The van der Waals surface area contributed by atoms with Crippen molar-refractivity contribution in [3.63, 3.8) is 0 Å². The van der Waals surface area contributed by atoms with E-state index in [1.165, 1.54) is 5.56 Å². The molecule has 1 atom stereocenters. The molecule has 0 saturated carbocycles. The lowest BCUT2D eigenvalue weighted by molar-refractivity contribution is -0.122. The van der Waals surface area contributed by atoms with Crippen LogP contribution >= 0.6 is 12.4 Å². The molecule has 1 amide bonds. The standard InChI is InChI=1S/C21H28N2O2.ClH/c1-16(2)18-8-10-19(11-9-18)20(22)14-23-21(24)12-13-25-15-17-6-4-3-5-7-17;/h3-11,16,20H,12-15,22H2,1-2H3,(H,23,24);1H. The Labute approximate surface area is 162 Å². The minimum Gasteiger partial charge on any atom is -0.376 e. The highest BCUT2D eigenvalue weighted by Crippen LogP contribution is 2.17. The van der Waals surface area contributed by atoms with Crippen molar-refractivity contribution in [3.8, 4) is 0 Å². The summed E-state index contributed by atoms with van der Waals surface area (Å²) >= 11 is 0. The predicted octanol–water partition coefficient (Wildman–Crippen LogP) is 3.95. The Kier molecular flexibility index (Phi) is 9.96. The molecule has 2 aromatic carbocycles. The lowest BCUT2D eigenvalue weighted by Gasteiger charge is -2.14. The Hall–Kier alpha value is -1.88. The van der Waals surface area contributed by atoms with Gasteiger partial charge in [0.15, 0.2) is 0 Å². The minimum atomic E-state index is -0.199. The summed E-state index contributed by atoms with van der Waals surface area (Å²) < 4.78 is 5.53. The number of carbonyl (C=O) groups excluding carboxylic acids is 1. The second kappa shape index (κ2) is 11.7. The van der Waals surface area contributed by atoms with Gasteiger partial charge in [-0.1, -0.05) is 68.4 Å².